The van der Waals surface area contributed by atoms with Crippen molar-refractivity contribution < 1.29 is 9.90 Å². The van der Waals surface area contributed by atoms with Crippen LogP contribution in [-0.2, 0) is 0 Å². The fourth-order valence-electron chi connectivity index (χ4n) is 2.62. The molecule has 1 aromatic heterocycles. The van der Waals surface area contributed by atoms with Gasteiger partial charge in [-0.25, -0.2) is 4.98 Å². The molecule has 3 N–H and O–H groups in total. The number of aromatic nitrogens is 1. The Labute approximate surface area is 133 Å². The highest BCUT2D eigenvalue weighted by molar-refractivity contribution is 9.10. The number of halogens is 1. The fourth-order valence-corrected chi connectivity index (χ4v) is 2.95. The van der Waals surface area contributed by atoms with Crippen LogP contribution in [0.4, 0.5) is 5.82 Å². The molecule has 2 unspecified atom stereocenters. The van der Waals surface area contributed by atoms with E-state index in [0.29, 0.717) is 17.9 Å². The number of aliphatic hydroxyl groups excluding tert-OH is 1. The summed E-state index contributed by atoms with van der Waals surface area (Å²) in [5, 5.41) is 16.2. The molecule has 5 nitrogen and oxygen atoms in total. The predicted molar refractivity (Wildman–Crippen MR) is 86.4 cm³/mol. The highest BCUT2D eigenvalue weighted by Gasteiger charge is 2.24. The maximum atomic E-state index is 12.5. The zero-order chi connectivity index (χ0) is 15.2. The molecule has 1 aliphatic rings. The molecule has 0 radical (unpaired) electrons. The third-order valence-corrected chi connectivity index (χ3v) is 4.17. The topological polar surface area (TPSA) is 74.2 Å². The van der Waals surface area contributed by atoms with Crippen LogP contribution in [0.2, 0.25) is 0 Å². The van der Waals surface area contributed by atoms with Gasteiger partial charge in [0.1, 0.15) is 5.82 Å². The molecule has 0 bridgehead atoms. The predicted octanol–water partition coefficient (Wildman–Crippen LogP) is 2.70. The van der Waals surface area contributed by atoms with Crippen LogP contribution in [-0.4, -0.2) is 34.7 Å². The summed E-state index contributed by atoms with van der Waals surface area (Å²) in [6.07, 6.45) is 5.96. The van der Waals surface area contributed by atoms with Crippen LogP contribution in [0.5, 0.6) is 0 Å². The SMILES string of the molecule is CCNc1ncc(Br)cc1C(=O)NC1CCCCCC1O. The molecule has 1 amide bonds. The van der Waals surface area contributed by atoms with Gasteiger partial charge in [-0.2, -0.15) is 0 Å². The van der Waals surface area contributed by atoms with Crippen molar-refractivity contribution in [1.29, 1.82) is 0 Å². The van der Waals surface area contributed by atoms with Gasteiger partial charge in [0, 0.05) is 17.2 Å². The third-order valence-electron chi connectivity index (χ3n) is 3.74. The van der Waals surface area contributed by atoms with Crippen molar-refractivity contribution in [3.63, 3.8) is 0 Å². The second-order valence-corrected chi connectivity index (χ2v) is 6.28. The summed E-state index contributed by atoms with van der Waals surface area (Å²) in [4.78, 5) is 16.7. The second kappa shape index (κ2) is 7.75. The van der Waals surface area contributed by atoms with E-state index in [4.69, 9.17) is 0 Å². The smallest absolute Gasteiger partial charge is 0.255 e. The van der Waals surface area contributed by atoms with Crippen molar-refractivity contribution in [1.82, 2.24) is 10.3 Å². The number of hydrogen-bond acceptors (Lipinski definition) is 4. The normalized spacial score (nSPS) is 22.4. The van der Waals surface area contributed by atoms with Gasteiger partial charge in [0.25, 0.3) is 5.91 Å². The van der Waals surface area contributed by atoms with Crippen molar-refractivity contribution >= 4 is 27.7 Å². The lowest BCUT2D eigenvalue weighted by Gasteiger charge is -2.22. The monoisotopic (exact) mass is 355 g/mol. The van der Waals surface area contributed by atoms with Crippen LogP contribution in [0.25, 0.3) is 0 Å². The molecule has 1 aliphatic carbocycles. The summed E-state index contributed by atoms with van der Waals surface area (Å²) >= 11 is 3.35. The Hall–Kier alpha value is -1.14. The Morgan fingerprint density at radius 2 is 2.19 bits per heavy atom. The number of pyridine rings is 1. The van der Waals surface area contributed by atoms with Gasteiger partial charge >= 0.3 is 0 Å². The maximum absolute atomic E-state index is 12.5. The summed E-state index contributed by atoms with van der Waals surface area (Å²) in [6, 6.07) is 1.58. The summed E-state index contributed by atoms with van der Waals surface area (Å²) in [7, 11) is 0. The van der Waals surface area contributed by atoms with E-state index in [0.717, 1.165) is 36.6 Å². The van der Waals surface area contributed by atoms with Gasteiger partial charge in [-0.3, -0.25) is 4.79 Å². The van der Waals surface area contributed by atoms with E-state index in [-0.39, 0.29) is 11.9 Å². The van der Waals surface area contributed by atoms with Crippen LogP contribution in [0, 0.1) is 0 Å². The molecule has 1 saturated carbocycles. The first-order valence-electron chi connectivity index (χ1n) is 7.50. The lowest BCUT2D eigenvalue weighted by molar-refractivity contribution is 0.0819. The molecule has 21 heavy (non-hydrogen) atoms. The number of rotatable bonds is 4. The largest absolute Gasteiger partial charge is 0.391 e. The molecular formula is C15H22BrN3O2. The van der Waals surface area contributed by atoms with Crippen LogP contribution >= 0.6 is 15.9 Å². The first kappa shape index (κ1) is 16.2. The van der Waals surface area contributed by atoms with Gasteiger partial charge in [0.05, 0.1) is 17.7 Å². The summed E-state index contributed by atoms with van der Waals surface area (Å²) < 4.78 is 0.760. The fraction of sp³-hybridized carbons (Fsp3) is 0.600. The highest BCUT2D eigenvalue weighted by atomic mass is 79.9. The molecule has 2 rings (SSSR count). The molecule has 0 aliphatic heterocycles. The number of carbonyl (C=O) groups is 1. The highest BCUT2D eigenvalue weighted by Crippen LogP contribution is 2.21. The van der Waals surface area contributed by atoms with Crippen molar-refractivity contribution in [2.45, 2.75) is 51.2 Å². The minimum Gasteiger partial charge on any atom is -0.391 e. The van der Waals surface area contributed by atoms with Gasteiger partial charge < -0.3 is 15.7 Å². The summed E-state index contributed by atoms with van der Waals surface area (Å²) in [5.41, 5.74) is 0.502. The average molecular weight is 356 g/mol. The maximum Gasteiger partial charge on any atom is 0.255 e. The van der Waals surface area contributed by atoms with Gasteiger partial charge in [-0.1, -0.05) is 19.3 Å². The molecule has 2 atom stereocenters. The molecule has 1 aromatic rings. The first-order valence-corrected chi connectivity index (χ1v) is 8.29. The number of carbonyl (C=O) groups excluding carboxylic acids is 1. The van der Waals surface area contributed by atoms with E-state index in [9.17, 15) is 9.90 Å². The number of amides is 1. The number of hydrogen-bond donors (Lipinski definition) is 3. The van der Waals surface area contributed by atoms with E-state index in [1.54, 1.807) is 12.3 Å². The summed E-state index contributed by atoms with van der Waals surface area (Å²) in [5.74, 6) is 0.381. The zero-order valence-electron chi connectivity index (χ0n) is 12.2. The van der Waals surface area contributed by atoms with E-state index < -0.39 is 6.10 Å². The van der Waals surface area contributed by atoms with E-state index in [1.165, 1.54) is 0 Å². The van der Waals surface area contributed by atoms with Gasteiger partial charge in [-0.15, -0.1) is 0 Å². The van der Waals surface area contributed by atoms with Crippen LogP contribution in [0.3, 0.4) is 0 Å². The minimum absolute atomic E-state index is 0.173. The Bertz CT molecular complexity index is 496. The first-order chi connectivity index (χ1) is 10.1. The zero-order valence-corrected chi connectivity index (χ0v) is 13.8. The summed E-state index contributed by atoms with van der Waals surface area (Å²) in [6.45, 7) is 2.65. The van der Waals surface area contributed by atoms with Crippen molar-refractivity contribution in [2.75, 3.05) is 11.9 Å². The molecule has 0 spiro atoms. The Balaban J connectivity index is 2.13. The van der Waals surface area contributed by atoms with E-state index >= 15 is 0 Å². The quantitative estimate of drug-likeness (QED) is 0.726. The molecular weight excluding hydrogens is 334 g/mol. The number of nitrogens with zero attached hydrogens (tertiary/aromatic N) is 1. The standard InChI is InChI=1S/C15H22BrN3O2/c1-2-17-14-11(8-10(16)9-18-14)15(21)19-12-6-4-3-5-7-13(12)20/h8-9,12-13,20H,2-7H2,1H3,(H,17,18)(H,19,21). The molecule has 6 heteroatoms. The lowest BCUT2D eigenvalue weighted by Crippen LogP contribution is -2.42. The molecule has 1 heterocycles. The Morgan fingerprint density at radius 3 is 2.95 bits per heavy atom. The van der Waals surface area contributed by atoms with Gasteiger partial charge in [0.15, 0.2) is 0 Å². The van der Waals surface area contributed by atoms with Crippen LogP contribution in [0.1, 0.15) is 49.4 Å². The van der Waals surface area contributed by atoms with Crippen molar-refractivity contribution in [2.24, 2.45) is 0 Å². The molecule has 0 aromatic carbocycles. The molecule has 1 fully saturated rings. The average Bonchev–Trinajstić information content (AvgIpc) is 2.66. The Morgan fingerprint density at radius 1 is 1.43 bits per heavy atom. The van der Waals surface area contributed by atoms with Crippen molar-refractivity contribution in [3.05, 3.63) is 22.3 Å². The third kappa shape index (κ3) is 4.41. The molecule has 0 saturated heterocycles. The van der Waals surface area contributed by atoms with E-state index in [2.05, 4.69) is 31.5 Å². The number of anilines is 1. The van der Waals surface area contributed by atoms with Crippen LogP contribution in [0.15, 0.2) is 16.7 Å². The lowest BCUT2D eigenvalue weighted by atomic mass is 10.1. The number of aliphatic hydroxyl groups is 1. The molecule has 116 valence electrons. The second-order valence-electron chi connectivity index (χ2n) is 5.37. The van der Waals surface area contributed by atoms with E-state index in [1.807, 2.05) is 6.92 Å². The van der Waals surface area contributed by atoms with Crippen LogP contribution < -0.4 is 10.6 Å². The Kier molecular flexibility index (Phi) is 5.99. The van der Waals surface area contributed by atoms with Gasteiger partial charge in [-0.05, 0) is 41.8 Å². The van der Waals surface area contributed by atoms with Gasteiger partial charge in [0.2, 0.25) is 0 Å². The minimum atomic E-state index is -0.459. The number of nitrogens with one attached hydrogen (secondary N) is 2. The van der Waals surface area contributed by atoms with Crippen molar-refractivity contribution in [3.8, 4) is 0 Å².